The van der Waals surface area contributed by atoms with Crippen molar-refractivity contribution in [3.05, 3.63) is 50.0 Å². The van der Waals surface area contributed by atoms with E-state index >= 15 is 0 Å². The van der Waals surface area contributed by atoms with Gasteiger partial charge in [0, 0.05) is 11.1 Å². The molecule has 4 rings (SSSR count). The molecule has 130 valence electrons. The maximum Gasteiger partial charge on any atom is 0.259 e. The molecule has 0 aromatic carbocycles. The number of nitrogens with zero attached hydrogens (tertiary/aromatic N) is 2. The minimum Gasteiger partial charge on any atom is -0.309 e. The Balaban J connectivity index is 1.71. The van der Waals surface area contributed by atoms with Gasteiger partial charge >= 0.3 is 0 Å². The number of hydrogen-bond acceptors (Lipinski definition) is 5. The van der Waals surface area contributed by atoms with Crippen LogP contribution in [0.15, 0.2) is 28.2 Å². The van der Waals surface area contributed by atoms with Crippen molar-refractivity contribution < 1.29 is 0 Å². The average Bonchev–Trinajstić information content (AvgIpc) is 2.94. The Morgan fingerprint density at radius 1 is 1.48 bits per heavy atom. The zero-order chi connectivity index (χ0) is 17.6. The van der Waals surface area contributed by atoms with Crippen molar-refractivity contribution in [1.29, 1.82) is 0 Å². The highest BCUT2D eigenvalue weighted by molar-refractivity contribution is 7.99. The number of aromatic nitrogens is 3. The molecule has 3 heterocycles. The Morgan fingerprint density at radius 2 is 2.32 bits per heavy atom. The van der Waals surface area contributed by atoms with E-state index in [2.05, 4.69) is 16.9 Å². The van der Waals surface area contributed by atoms with Gasteiger partial charge in [-0.1, -0.05) is 30.3 Å². The van der Waals surface area contributed by atoms with Crippen LogP contribution >= 0.6 is 34.7 Å². The molecular formula is C18H18ClN3OS2. The summed E-state index contributed by atoms with van der Waals surface area (Å²) >= 11 is 9.37. The van der Waals surface area contributed by atoms with E-state index < -0.39 is 0 Å². The van der Waals surface area contributed by atoms with Crippen LogP contribution in [0, 0.1) is 5.92 Å². The van der Waals surface area contributed by atoms with Gasteiger partial charge in [0.25, 0.3) is 5.56 Å². The number of aryl methyl sites for hydroxylation is 1. The van der Waals surface area contributed by atoms with Crippen molar-refractivity contribution in [2.45, 2.75) is 43.4 Å². The Kier molecular flexibility index (Phi) is 4.60. The lowest BCUT2D eigenvalue weighted by atomic mass is 9.89. The Morgan fingerprint density at radius 3 is 3.12 bits per heavy atom. The molecule has 0 fully saturated rings. The fourth-order valence-electron chi connectivity index (χ4n) is 3.24. The summed E-state index contributed by atoms with van der Waals surface area (Å²) in [5.74, 6) is 1.36. The largest absolute Gasteiger partial charge is 0.309 e. The molecule has 1 N–H and O–H groups in total. The minimum atomic E-state index is -0.0393. The number of pyridine rings is 1. The molecule has 0 spiro atoms. The molecule has 2 unspecified atom stereocenters. The Labute approximate surface area is 159 Å². The standard InChI is InChI=1S/C18H18ClN3OS2/c1-9-5-6-11-13(8-9)25-18-14(11)16(23)21-15(22-18)10(2)24-17-12(19)4-3-7-20-17/h3-4,7,9-10H,5-6,8H2,1-2H3,(H,21,22,23). The molecule has 3 aromatic heterocycles. The lowest BCUT2D eigenvalue weighted by Gasteiger charge is -2.17. The molecule has 4 nitrogen and oxygen atoms in total. The summed E-state index contributed by atoms with van der Waals surface area (Å²) in [6.07, 6.45) is 4.90. The highest BCUT2D eigenvalue weighted by Gasteiger charge is 2.24. The quantitative estimate of drug-likeness (QED) is 0.637. The smallest absolute Gasteiger partial charge is 0.259 e. The van der Waals surface area contributed by atoms with Crippen molar-refractivity contribution in [2.75, 3.05) is 0 Å². The van der Waals surface area contributed by atoms with Crippen LogP contribution in [-0.4, -0.2) is 15.0 Å². The van der Waals surface area contributed by atoms with E-state index in [1.54, 1.807) is 23.6 Å². The summed E-state index contributed by atoms with van der Waals surface area (Å²) in [5, 5.41) is 2.12. The predicted octanol–water partition coefficient (Wildman–Crippen LogP) is 5.01. The Hall–Kier alpha value is -1.37. The molecule has 3 aromatic rings. The van der Waals surface area contributed by atoms with Crippen molar-refractivity contribution in [3.8, 4) is 0 Å². The monoisotopic (exact) mass is 391 g/mol. The van der Waals surface area contributed by atoms with E-state index in [4.69, 9.17) is 16.6 Å². The topological polar surface area (TPSA) is 58.6 Å². The van der Waals surface area contributed by atoms with Gasteiger partial charge in [-0.25, -0.2) is 9.97 Å². The molecule has 0 bridgehead atoms. The molecule has 7 heteroatoms. The number of fused-ring (bicyclic) bond motifs is 3. The van der Waals surface area contributed by atoms with E-state index in [1.807, 2.05) is 13.0 Å². The zero-order valence-electron chi connectivity index (χ0n) is 14.0. The number of rotatable bonds is 3. The van der Waals surface area contributed by atoms with E-state index in [0.29, 0.717) is 16.8 Å². The van der Waals surface area contributed by atoms with Crippen LogP contribution < -0.4 is 5.56 Å². The molecule has 25 heavy (non-hydrogen) atoms. The van der Waals surface area contributed by atoms with Crippen LogP contribution in [0.25, 0.3) is 10.2 Å². The predicted molar refractivity (Wildman–Crippen MR) is 105 cm³/mol. The molecule has 1 aliphatic rings. The number of nitrogens with one attached hydrogen (secondary N) is 1. The molecule has 0 saturated heterocycles. The maximum atomic E-state index is 12.7. The van der Waals surface area contributed by atoms with Gasteiger partial charge in [0.05, 0.1) is 15.7 Å². The highest BCUT2D eigenvalue weighted by Crippen LogP contribution is 2.38. The normalized spacial score (nSPS) is 18.3. The summed E-state index contributed by atoms with van der Waals surface area (Å²) in [6, 6.07) is 3.62. The molecule has 0 radical (unpaired) electrons. The van der Waals surface area contributed by atoms with E-state index in [-0.39, 0.29) is 10.8 Å². The fourth-order valence-corrected chi connectivity index (χ4v) is 5.75. The van der Waals surface area contributed by atoms with Crippen molar-refractivity contribution in [3.63, 3.8) is 0 Å². The van der Waals surface area contributed by atoms with Crippen LogP contribution in [-0.2, 0) is 12.8 Å². The molecular weight excluding hydrogens is 374 g/mol. The van der Waals surface area contributed by atoms with Gasteiger partial charge in [-0.3, -0.25) is 4.79 Å². The molecule has 1 aliphatic carbocycles. The third-order valence-corrected chi connectivity index (χ3v) is 7.27. The lowest BCUT2D eigenvalue weighted by molar-refractivity contribution is 0.509. The SMILES string of the molecule is CC1CCc2c(sc3nc(C(C)Sc4ncccc4Cl)[nH]c(=O)c23)C1. The first-order chi connectivity index (χ1) is 12.0. The lowest BCUT2D eigenvalue weighted by Crippen LogP contribution is -2.15. The van der Waals surface area contributed by atoms with Crippen LogP contribution in [0.2, 0.25) is 5.02 Å². The second kappa shape index (κ2) is 6.74. The number of H-pyrrole nitrogens is 1. The number of hydrogen-bond donors (Lipinski definition) is 1. The van der Waals surface area contributed by atoms with Crippen molar-refractivity contribution in [2.24, 2.45) is 5.92 Å². The summed E-state index contributed by atoms with van der Waals surface area (Å²) in [4.78, 5) is 26.9. The summed E-state index contributed by atoms with van der Waals surface area (Å²) < 4.78 is 0. The van der Waals surface area contributed by atoms with Gasteiger partial charge in [-0.2, -0.15) is 0 Å². The zero-order valence-corrected chi connectivity index (χ0v) is 16.4. The van der Waals surface area contributed by atoms with E-state index in [1.165, 1.54) is 22.2 Å². The first-order valence-corrected chi connectivity index (χ1v) is 10.4. The first kappa shape index (κ1) is 17.1. The number of thioether (sulfide) groups is 1. The van der Waals surface area contributed by atoms with Crippen LogP contribution in [0.5, 0.6) is 0 Å². The summed E-state index contributed by atoms with van der Waals surface area (Å²) in [7, 11) is 0. The van der Waals surface area contributed by atoms with Crippen molar-refractivity contribution >= 4 is 44.9 Å². The minimum absolute atomic E-state index is 0.0216. The van der Waals surface area contributed by atoms with Gasteiger partial charge in [-0.15, -0.1) is 11.3 Å². The fraction of sp³-hybridized carbons (Fsp3) is 0.389. The van der Waals surface area contributed by atoms with Gasteiger partial charge in [0.15, 0.2) is 0 Å². The van der Waals surface area contributed by atoms with Gasteiger partial charge in [0.2, 0.25) is 0 Å². The second-order valence-electron chi connectivity index (χ2n) is 6.53. The van der Waals surface area contributed by atoms with Crippen LogP contribution in [0.3, 0.4) is 0 Å². The number of thiophene rings is 1. The summed E-state index contributed by atoms with van der Waals surface area (Å²) in [5.41, 5.74) is 1.19. The van der Waals surface area contributed by atoms with Crippen LogP contribution in [0.4, 0.5) is 0 Å². The second-order valence-corrected chi connectivity index (χ2v) is 9.35. The van der Waals surface area contributed by atoms with Crippen LogP contribution in [0.1, 0.15) is 41.8 Å². The van der Waals surface area contributed by atoms with Gasteiger partial charge in [0.1, 0.15) is 15.7 Å². The molecule has 2 atom stereocenters. The van der Waals surface area contributed by atoms with Gasteiger partial charge < -0.3 is 4.98 Å². The average molecular weight is 392 g/mol. The Bertz CT molecular complexity index is 998. The first-order valence-electron chi connectivity index (χ1n) is 8.34. The third kappa shape index (κ3) is 3.23. The van der Waals surface area contributed by atoms with Gasteiger partial charge in [-0.05, 0) is 49.8 Å². The summed E-state index contributed by atoms with van der Waals surface area (Å²) in [6.45, 7) is 4.28. The third-order valence-electron chi connectivity index (χ3n) is 4.58. The van der Waals surface area contributed by atoms with E-state index in [0.717, 1.165) is 34.5 Å². The number of aromatic amines is 1. The molecule has 0 saturated carbocycles. The number of halogens is 1. The van der Waals surface area contributed by atoms with E-state index in [9.17, 15) is 4.79 Å². The maximum absolute atomic E-state index is 12.7. The molecule has 0 amide bonds. The van der Waals surface area contributed by atoms with Crippen molar-refractivity contribution in [1.82, 2.24) is 15.0 Å². The molecule has 0 aliphatic heterocycles. The highest BCUT2D eigenvalue weighted by atomic mass is 35.5.